The molecule has 6 heteroatoms. The van der Waals surface area contributed by atoms with Crippen molar-refractivity contribution in [1.82, 2.24) is 5.32 Å². The first-order chi connectivity index (χ1) is 11.6. The smallest absolute Gasteiger partial charge is 0.328 e. The van der Waals surface area contributed by atoms with Crippen molar-refractivity contribution in [3.63, 3.8) is 0 Å². The molecule has 2 aromatic carbocycles. The maximum Gasteiger partial charge on any atom is 0.328 e. The lowest BCUT2D eigenvalue weighted by Gasteiger charge is -2.16. The first-order valence-corrected chi connectivity index (χ1v) is 8.47. The Morgan fingerprint density at radius 3 is 2.46 bits per heavy atom. The number of nitrogens with one attached hydrogen (secondary N) is 1. The van der Waals surface area contributed by atoms with Crippen LogP contribution in [0, 0.1) is 0 Å². The largest absolute Gasteiger partial charge is 0.467 e. The van der Waals surface area contributed by atoms with E-state index in [0.717, 1.165) is 10.5 Å². The third-order valence-electron chi connectivity index (χ3n) is 3.38. The van der Waals surface area contributed by atoms with Gasteiger partial charge in [-0.3, -0.25) is 4.79 Å². The number of para-hydroxylation sites is 1. The van der Waals surface area contributed by atoms with E-state index in [-0.39, 0.29) is 11.7 Å². The average Bonchev–Trinajstić information content (AvgIpc) is 2.60. The van der Waals surface area contributed by atoms with Gasteiger partial charge in [0.25, 0.3) is 0 Å². The number of thioether (sulfide) groups is 1. The van der Waals surface area contributed by atoms with Gasteiger partial charge in [-0.2, -0.15) is 0 Å². The number of nitrogens with two attached hydrogens (primary N) is 1. The summed E-state index contributed by atoms with van der Waals surface area (Å²) < 4.78 is 4.79. The zero-order valence-electron chi connectivity index (χ0n) is 13.4. The van der Waals surface area contributed by atoms with Crippen LogP contribution in [0.1, 0.15) is 5.56 Å². The molecule has 0 aliphatic heterocycles. The third-order valence-corrected chi connectivity index (χ3v) is 4.47. The Labute approximate surface area is 145 Å². The van der Waals surface area contributed by atoms with Crippen LogP contribution in [0.3, 0.4) is 0 Å². The van der Waals surface area contributed by atoms with Gasteiger partial charge in [-0.25, -0.2) is 4.79 Å². The van der Waals surface area contributed by atoms with Crippen molar-refractivity contribution in [3.05, 3.63) is 60.2 Å². The molecule has 0 aliphatic carbocycles. The van der Waals surface area contributed by atoms with Gasteiger partial charge in [-0.15, -0.1) is 11.8 Å². The maximum absolute atomic E-state index is 12.2. The lowest BCUT2D eigenvalue weighted by molar-refractivity contribution is -0.144. The minimum atomic E-state index is -0.710. The number of esters is 1. The van der Waals surface area contributed by atoms with Crippen LogP contribution >= 0.6 is 11.8 Å². The molecule has 2 rings (SSSR count). The fourth-order valence-electron chi connectivity index (χ4n) is 2.18. The fraction of sp³-hybridized carbons (Fsp3) is 0.222. The summed E-state index contributed by atoms with van der Waals surface area (Å²) >= 11 is 1.33. The standard InChI is InChI=1S/C18H20N2O3S/c1-23-18(22)15(11-13-7-3-2-4-8-13)20-17(21)12-24-16-10-6-5-9-14(16)19/h2-10,15H,11-12,19H2,1H3,(H,20,21)/t15-/m0/s1. The number of ether oxygens (including phenoxy) is 1. The predicted octanol–water partition coefficient (Wildman–Crippen LogP) is 2.26. The molecule has 0 radical (unpaired) electrons. The predicted molar refractivity (Wildman–Crippen MR) is 95.7 cm³/mol. The summed E-state index contributed by atoms with van der Waals surface area (Å²) in [7, 11) is 1.31. The highest BCUT2D eigenvalue weighted by atomic mass is 32.2. The third kappa shape index (κ3) is 5.31. The topological polar surface area (TPSA) is 81.4 Å². The Kier molecular flexibility index (Phi) is 6.69. The van der Waals surface area contributed by atoms with Crippen molar-refractivity contribution in [2.75, 3.05) is 18.6 Å². The molecule has 0 heterocycles. The molecule has 0 unspecified atom stereocenters. The first-order valence-electron chi connectivity index (χ1n) is 7.48. The van der Waals surface area contributed by atoms with Gasteiger partial charge in [0.05, 0.1) is 12.9 Å². The van der Waals surface area contributed by atoms with Gasteiger partial charge in [-0.1, -0.05) is 42.5 Å². The summed E-state index contributed by atoms with van der Waals surface area (Å²) in [4.78, 5) is 24.9. The molecule has 1 amide bonds. The van der Waals surface area contributed by atoms with Crippen molar-refractivity contribution in [3.8, 4) is 0 Å². The summed E-state index contributed by atoms with van der Waals surface area (Å²) in [5.74, 6) is -0.526. The summed E-state index contributed by atoms with van der Waals surface area (Å²) in [6, 6.07) is 16.1. The Morgan fingerprint density at radius 1 is 1.12 bits per heavy atom. The van der Waals surface area contributed by atoms with Crippen LogP contribution in [-0.4, -0.2) is 30.8 Å². The molecule has 5 nitrogen and oxygen atoms in total. The van der Waals surface area contributed by atoms with Crippen LogP contribution in [-0.2, 0) is 20.7 Å². The van der Waals surface area contributed by atoms with Crippen molar-refractivity contribution in [2.24, 2.45) is 0 Å². The van der Waals surface area contributed by atoms with Gasteiger partial charge in [0.1, 0.15) is 6.04 Å². The second-order valence-corrected chi connectivity index (χ2v) is 6.18. The van der Waals surface area contributed by atoms with Crippen LogP contribution in [0.4, 0.5) is 5.69 Å². The summed E-state index contributed by atoms with van der Waals surface area (Å²) in [6.45, 7) is 0. The van der Waals surface area contributed by atoms with Crippen LogP contribution < -0.4 is 11.1 Å². The van der Waals surface area contributed by atoms with Crippen molar-refractivity contribution < 1.29 is 14.3 Å². The van der Waals surface area contributed by atoms with E-state index in [9.17, 15) is 9.59 Å². The number of rotatable bonds is 7. The van der Waals surface area contributed by atoms with E-state index < -0.39 is 12.0 Å². The number of carbonyl (C=O) groups excluding carboxylic acids is 2. The molecule has 0 saturated heterocycles. The minimum absolute atomic E-state index is 0.177. The van der Waals surface area contributed by atoms with E-state index in [4.69, 9.17) is 10.5 Å². The second-order valence-electron chi connectivity index (χ2n) is 5.16. The highest BCUT2D eigenvalue weighted by Gasteiger charge is 2.22. The molecular weight excluding hydrogens is 324 g/mol. The van der Waals surface area contributed by atoms with Gasteiger partial charge in [0, 0.05) is 17.0 Å². The maximum atomic E-state index is 12.2. The van der Waals surface area contributed by atoms with Gasteiger partial charge >= 0.3 is 5.97 Å². The fourth-order valence-corrected chi connectivity index (χ4v) is 2.96. The molecule has 0 bridgehead atoms. The molecular formula is C18H20N2O3S. The number of anilines is 1. The highest BCUT2D eigenvalue weighted by molar-refractivity contribution is 8.00. The first kappa shape index (κ1) is 17.9. The molecule has 0 aliphatic rings. The van der Waals surface area contributed by atoms with Gasteiger partial charge < -0.3 is 15.8 Å². The zero-order valence-corrected chi connectivity index (χ0v) is 14.2. The summed E-state index contributed by atoms with van der Waals surface area (Å²) in [5.41, 5.74) is 7.43. The molecule has 126 valence electrons. The Morgan fingerprint density at radius 2 is 1.79 bits per heavy atom. The number of hydrogen-bond donors (Lipinski definition) is 2. The van der Waals surface area contributed by atoms with Gasteiger partial charge in [0.15, 0.2) is 0 Å². The lowest BCUT2D eigenvalue weighted by atomic mass is 10.1. The number of methoxy groups -OCH3 is 1. The van der Waals surface area contributed by atoms with Crippen LogP contribution in [0.5, 0.6) is 0 Å². The monoisotopic (exact) mass is 344 g/mol. The van der Waals surface area contributed by atoms with Crippen LogP contribution in [0.15, 0.2) is 59.5 Å². The van der Waals surface area contributed by atoms with Gasteiger partial charge in [-0.05, 0) is 17.7 Å². The second kappa shape index (κ2) is 8.98. The quantitative estimate of drug-likeness (QED) is 0.457. The van der Waals surface area contributed by atoms with E-state index >= 15 is 0 Å². The molecule has 2 aromatic rings. The van der Waals surface area contributed by atoms with Crippen molar-refractivity contribution >= 4 is 29.3 Å². The average molecular weight is 344 g/mol. The normalized spacial score (nSPS) is 11.5. The molecule has 24 heavy (non-hydrogen) atoms. The molecule has 0 spiro atoms. The highest BCUT2D eigenvalue weighted by Crippen LogP contribution is 2.23. The number of nitrogen functional groups attached to an aromatic ring is 1. The van der Waals surface area contributed by atoms with Crippen molar-refractivity contribution in [2.45, 2.75) is 17.4 Å². The Balaban J connectivity index is 1.94. The Hall–Kier alpha value is -2.47. The van der Waals surface area contributed by atoms with E-state index in [2.05, 4.69) is 5.32 Å². The summed E-state index contributed by atoms with van der Waals surface area (Å²) in [5, 5.41) is 2.73. The van der Waals surface area contributed by atoms with E-state index in [0.29, 0.717) is 12.1 Å². The van der Waals surface area contributed by atoms with Crippen LogP contribution in [0.2, 0.25) is 0 Å². The number of benzene rings is 2. The molecule has 0 aromatic heterocycles. The number of carbonyl (C=O) groups is 2. The minimum Gasteiger partial charge on any atom is -0.467 e. The Bertz CT molecular complexity index is 692. The molecule has 0 fully saturated rings. The zero-order chi connectivity index (χ0) is 17.4. The van der Waals surface area contributed by atoms with Crippen LogP contribution in [0.25, 0.3) is 0 Å². The SMILES string of the molecule is COC(=O)[C@H](Cc1ccccc1)NC(=O)CSc1ccccc1N. The van der Waals surface area contributed by atoms with E-state index in [1.54, 1.807) is 6.07 Å². The lowest BCUT2D eigenvalue weighted by Crippen LogP contribution is -2.43. The van der Waals surface area contributed by atoms with Gasteiger partial charge in [0.2, 0.25) is 5.91 Å². The molecule has 0 saturated carbocycles. The molecule has 3 N–H and O–H groups in total. The van der Waals surface area contributed by atoms with Crippen molar-refractivity contribution in [1.29, 1.82) is 0 Å². The molecule has 1 atom stereocenters. The summed E-state index contributed by atoms with van der Waals surface area (Å²) in [6.07, 6.45) is 0.386. The number of hydrogen-bond acceptors (Lipinski definition) is 5. The number of amides is 1. The van der Waals surface area contributed by atoms with E-state index in [1.807, 2.05) is 48.5 Å². The van der Waals surface area contributed by atoms with E-state index in [1.165, 1.54) is 18.9 Å².